The lowest BCUT2D eigenvalue weighted by Crippen LogP contribution is -2.39. The van der Waals surface area contributed by atoms with E-state index in [9.17, 15) is 9.59 Å². The van der Waals surface area contributed by atoms with E-state index < -0.39 is 5.91 Å². The van der Waals surface area contributed by atoms with Crippen LogP contribution in [0.2, 0.25) is 0 Å². The van der Waals surface area contributed by atoms with Crippen LogP contribution in [0, 0.1) is 0 Å². The van der Waals surface area contributed by atoms with Gasteiger partial charge in [0.25, 0.3) is 11.5 Å². The third-order valence-electron chi connectivity index (χ3n) is 3.20. The SMILES string of the molecule is CCn1c(=O)c(C(=O)NC(C)COC)cc2cccnc21. The van der Waals surface area contributed by atoms with Crippen molar-refractivity contribution in [2.75, 3.05) is 13.7 Å². The standard InChI is InChI=1S/C15H19N3O3/c1-4-18-13-11(6-5-7-16-13)8-12(15(18)20)14(19)17-10(2)9-21-3/h5-8,10H,4,9H2,1-3H3,(H,17,19). The molecule has 21 heavy (non-hydrogen) atoms. The van der Waals surface area contributed by atoms with Gasteiger partial charge in [0, 0.05) is 31.3 Å². The van der Waals surface area contributed by atoms with Gasteiger partial charge >= 0.3 is 0 Å². The number of carbonyl (C=O) groups excluding carboxylic acids is 1. The number of amides is 1. The number of carbonyl (C=O) groups is 1. The number of pyridine rings is 2. The van der Waals surface area contributed by atoms with E-state index in [1.54, 1.807) is 25.4 Å². The van der Waals surface area contributed by atoms with Gasteiger partial charge in [-0.25, -0.2) is 4.98 Å². The molecule has 112 valence electrons. The maximum Gasteiger partial charge on any atom is 0.265 e. The Hall–Kier alpha value is -2.21. The summed E-state index contributed by atoms with van der Waals surface area (Å²) in [7, 11) is 1.56. The van der Waals surface area contributed by atoms with Crippen LogP contribution in [0.25, 0.3) is 11.0 Å². The molecule has 0 saturated carbocycles. The van der Waals surface area contributed by atoms with Crippen LogP contribution in [0.4, 0.5) is 0 Å². The predicted molar refractivity (Wildman–Crippen MR) is 80.5 cm³/mol. The molecule has 0 fully saturated rings. The molecule has 0 radical (unpaired) electrons. The molecular formula is C15H19N3O3. The summed E-state index contributed by atoms with van der Waals surface area (Å²) in [6.45, 7) is 4.52. The van der Waals surface area contributed by atoms with Gasteiger partial charge < -0.3 is 10.1 Å². The summed E-state index contributed by atoms with van der Waals surface area (Å²) in [5.74, 6) is -0.391. The molecule has 2 aromatic rings. The van der Waals surface area contributed by atoms with E-state index in [0.717, 1.165) is 5.39 Å². The zero-order valence-electron chi connectivity index (χ0n) is 12.4. The Morgan fingerprint density at radius 3 is 2.95 bits per heavy atom. The monoisotopic (exact) mass is 289 g/mol. The van der Waals surface area contributed by atoms with Gasteiger partial charge in [0.05, 0.1) is 6.61 Å². The zero-order chi connectivity index (χ0) is 15.4. The summed E-state index contributed by atoms with van der Waals surface area (Å²) in [6, 6.07) is 5.04. The summed E-state index contributed by atoms with van der Waals surface area (Å²) in [5, 5.41) is 3.52. The minimum absolute atomic E-state index is 0.125. The third-order valence-corrected chi connectivity index (χ3v) is 3.20. The second-order valence-corrected chi connectivity index (χ2v) is 4.85. The molecule has 0 aliphatic carbocycles. The van der Waals surface area contributed by atoms with Crippen LogP contribution in [-0.4, -0.2) is 35.2 Å². The van der Waals surface area contributed by atoms with Crippen molar-refractivity contribution in [2.45, 2.75) is 26.4 Å². The molecule has 0 aromatic carbocycles. The lowest BCUT2D eigenvalue weighted by Gasteiger charge is -2.14. The highest BCUT2D eigenvalue weighted by molar-refractivity contribution is 5.97. The molecular weight excluding hydrogens is 270 g/mol. The van der Waals surface area contributed by atoms with Crippen LogP contribution >= 0.6 is 0 Å². The first-order valence-electron chi connectivity index (χ1n) is 6.86. The number of nitrogens with zero attached hydrogens (tertiary/aromatic N) is 2. The normalized spacial score (nSPS) is 12.3. The maximum absolute atomic E-state index is 12.4. The lowest BCUT2D eigenvalue weighted by molar-refractivity contribution is 0.0903. The minimum Gasteiger partial charge on any atom is -0.383 e. The van der Waals surface area contributed by atoms with Crippen molar-refractivity contribution in [2.24, 2.45) is 0 Å². The minimum atomic E-state index is -0.391. The second kappa shape index (κ2) is 6.49. The number of methoxy groups -OCH3 is 1. The van der Waals surface area contributed by atoms with E-state index >= 15 is 0 Å². The quantitative estimate of drug-likeness (QED) is 0.897. The highest BCUT2D eigenvalue weighted by Crippen LogP contribution is 2.10. The number of hydrogen-bond donors (Lipinski definition) is 1. The molecule has 1 amide bonds. The van der Waals surface area contributed by atoms with Crippen molar-refractivity contribution in [3.05, 3.63) is 40.3 Å². The van der Waals surface area contributed by atoms with Crippen LogP contribution in [0.5, 0.6) is 0 Å². The Morgan fingerprint density at radius 2 is 2.29 bits per heavy atom. The number of nitrogens with one attached hydrogen (secondary N) is 1. The van der Waals surface area contributed by atoms with Crippen LogP contribution in [0.1, 0.15) is 24.2 Å². The maximum atomic E-state index is 12.4. The fourth-order valence-electron chi connectivity index (χ4n) is 2.26. The number of ether oxygens (including phenoxy) is 1. The van der Waals surface area contributed by atoms with E-state index in [-0.39, 0.29) is 17.2 Å². The van der Waals surface area contributed by atoms with Gasteiger partial charge in [0.15, 0.2) is 0 Å². The Kier molecular flexibility index (Phi) is 4.70. The highest BCUT2D eigenvalue weighted by atomic mass is 16.5. The van der Waals surface area contributed by atoms with Crippen molar-refractivity contribution in [3.8, 4) is 0 Å². The Bertz CT molecular complexity index is 709. The Morgan fingerprint density at radius 1 is 1.52 bits per heavy atom. The number of aromatic nitrogens is 2. The third kappa shape index (κ3) is 3.11. The van der Waals surface area contributed by atoms with Crippen LogP contribution in [0.15, 0.2) is 29.2 Å². The van der Waals surface area contributed by atoms with E-state index in [1.807, 2.05) is 19.9 Å². The average molecular weight is 289 g/mol. The van der Waals surface area contributed by atoms with Crippen LogP contribution in [0.3, 0.4) is 0 Å². The second-order valence-electron chi connectivity index (χ2n) is 4.85. The molecule has 1 unspecified atom stereocenters. The van der Waals surface area contributed by atoms with Gasteiger partial charge in [-0.1, -0.05) is 0 Å². The van der Waals surface area contributed by atoms with E-state index in [0.29, 0.717) is 18.8 Å². The van der Waals surface area contributed by atoms with Gasteiger partial charge in [-0.3, -0.25) is 14.2 Å². The zero-order valence-corrected chi connectivity index (χ0v) is 12.4. The van der Waals surface area contributed by atoms with Crippen molar-refractivity contribution in [1.29, 1.82) is 0 Å². The number of rotatable bonds is 5. The average Bonchev–Trinajstić information content (AvgIpc) is 2.46. The Labute approximate surface area is 122 Å². The van der Waals surface area contributed by atoms with Crippen LogP contribution < -0.4 is 10.9 Å². The number of hydrogen-bond acceptors (Lipinski definition) is 4. The molecule has 2 heterocycles. The van der Waals surface area contributed by atoms with Gasteiger partial charge in [0.1, 0.15) is 11.2 Å². The first-order valence-corrected chi connectivity index (χ1v) is 6.86. The molecule has 0 aliphatic heterocycles. The molecule has 1 atom stereocenters. The highest BCUT2D eigenvalue weighted by Gasteiger charge is 2.17. The summed E-state index contributed by atoms with van der Waals surface area (Å²) in [6.07, 6.45) is 1.63. The largest absolute Gasteiger partial charge is 0.383 e. The predicted octanol–water partition coefficient (Wildman–Crippen LogP) is 1.18. The van der Waals surface area contributed by atoms with Crippen molar-refractivity contribution < 1.29 is 9.53 Å². The molecule has 0 spiro atoms. The number of fused-ring (bicyclic) bond motifs is 1. The topological polar surface area (TPSA) is 73.2 Å². The molecule has 0 saturated heterocycles. The summed E-state index contributed by atoms with van der Waals surface area (Å²) in [4.78, 5) is 28.9. The first-order chi connectivity index (χ1) is 10.1. The van der Waals surface area contributed by atoms with Crippen LogP contribution in [-0.2, 0) is 11.3 Å². The summed E-state index contributed by atoms with van der Waals surface area (Å²) < 4.78 is 6.48. The van der Waals surface area contributed by atoms with Crippen molar-refractivity contribution in [3.63, 3.8) is 0 Å². The van der Waals surface area contributed by atoms with E-state index in [1.165, 1.54) is 4.57 Å². The lowest BCUT2D eigenvalue weighted by atomic mass is 10.2. The molecule has 0 bridgehead atoms. The number of aryl methyl sites for hydroxylation is 1. The van der Waals surface area contributed by atoms with E-state index in [2.05, 4.69) is 10.3 Å². The van der Waals surface area contributed by atoms with Gasteiger partial charge in [0.2, 0.25) is 0 Å². The smallest absolute Gasteiger partial charge is 0.265 e. The molecule has 6 heteroatoms. The van der Waals surface area contributed by atoms with Crippen molar-refractivity contribution in [1.82, 2.24) is 14.9 Å². The molecule has 2 rings (SSSR count). The summed E-state index contributed by atoms with van der Waals surface area (Å²) in [5.41, 5.74) is 0.387. The van der Waals surface area contributed by atoms with Gasteiger partial charge in [-0.2, -0.15) is 0 Å². The Balaban J connectivity index is 2.47. The first kappa shape index (κ1) is 15.2. The fourth-order valence-corrected chi connectivity index (χ4v) is 2.26. The van der Waals surface area contributed by atoms with Gasteiger partial charge in [-0.15, -0.1) is 0 Å². The van der Waals surface area contributed by atoms with Gasteiger partial charge in [-0.05, 0) is 32.0 Å². The fraction of sp³-hybridized carbons (Fsp3) is 0.400. The molecule has 0 aliphatic rings. The molecule has 1 N–H and O–H groups in total. The molecule has 2 aromatic heterocycles. The van der Waals surface area contributed by atoms with Crippen molar-refractivity contribution >= 4 is 16.9 Å². The molecule has 6 nitrogen and oxygen atoms in total. The summed E-state index contributed by atoms with van der Waals surface area (Å²) >= 11 is 0. The van der Waals surface area contributed by atoms with E-state index in [4.69, 9.17) is 4.74 Å².